The van der Waals surface area contributed by atoms with E-state index in [1.165, 1.54) is 20.0 Å². The molecule has 0 saturated carbocycles. The minimum atomic E-state index is 0.393. The molecule has 33 heavy (non-hydrogen) atoms. The zero-order valence-corrected chi connectivity index (χ0v) is 20.4. The van der Waals surface area contributed by atoms with Crippen molar-refractivity contribution in [1.82, 2.24) is 9.97 Å². The number of hydrogen-bond acceptors (Lipinski definition) is 7. The second-order valence-electron chi connectivity index (χ2n) is 7.80. The Morgan fingerprint density at radius 3 is 2.06 bits per heavy atom. The predicted molar refractivity (Wildman–Crippen MR) is 132 cm³/mol. The van der Waals surface area contributed by atoms with Crippen LogP contribution in [0.2, 0.25) is 0 Å². The summed E-state index contributed by atoms with van der Waals surface area (Å²) in [5.74, 6) is 1.87. The molecule has 0 aliphatic rings. The summed E-state index contributed by atoms with van der Waals surface area (Å²) in [7, 11) is 1.49. The van der Waals surface area contributed by atoms with Crippen LogP contribution in [-0.2, 0) is 4.84 Å². The molecule has 180 valence electrons. The predicted octanol–water partition coefficient (Wildman–Crippen LogP) is 5.83. The van der Waals surface area contributed by atoms with E-state index in [0.717, 1.165) is 60.5 Å². The Morgan fingerprint density at radius 2 is 1.45 bits per heavy atom. The van der Waals surface area contributed by atoms with Gasteiger partial charge in [0, 0.05) is 18.0 Å². The van der Waals surface area contributed by atoms with Crippen LogP contribution in [0, 0.1) is 13.8 Å². The van der Waals surface area contributed by atoms with Crippen molar-refractivity contribution < 1.29 is 19.0 Å². The summed E-state index contributed by atoms with van der Waals surface area (Å²) in [4.78, 5) is 12.9. The normalized spacial score (nSPS) is 11.3. The Balaban J connectivity index is 1.53. The second kappa shape index (κ2) is 15.7. The third-order valence-electron chi connectivity index (χ3n) is 4.99. The first-order valence-electron chi connectivity index (χ1n) is 11.6. The van der Waals surface area contributed by atoms with Crippen molar-refractivity contribution in [2.24, 2.45) is 5.16 Å². The molecule has 0 spiro atoms. The van der Waals surface area contributed by atoms with Crippen LogP contribution in [0.15, 0.2) is 41.8 Å². The molecule has 0 atom stereocenters. The number of rotatable bonds is 16. The van der Waals surface area contributed by atoms with Crippen molar-refractivity contribution in [1.29, 1.82) is 0 Å². The van der Waals surface area contributed by atoms with Gasteiger partial charge in [0.1, 0.15) is 25.2 Å². The maximum atomic E-state index is 6.05. The Labute approximate surface area is 197 Å². The van der Waals surface area contributed by atoms with Gasteiger partial charge in [-0.25, -0.2) is 9.97 Å². The highest BCUT2D eigenvalue weighted by Gasteiger charge is 2.07. The number of oxime groups is 1. The van der Waals surface area contributed by atoms with Gasteiger partial charge in [-0.3, -0.25) is 0 Å². The van der Waals surface area contributed by atoms with Gasteiger partial charge in [0.05, 0.1) is 19.4 Å². The van der Waals surface area contributed by atoms with Gasteiger partial charge in [0.25, 0.3) is 0 Å². The van der Waals surface area contributed by atoms with Gasteiger partial charge in [0.2, 0.25) is 0 Å². The molecule has 7 heteroatoms. The van der Waals surface area contributed by atoms with Gasteiger partial charge < -0.3 is 19.0 Å². The van der Waals surface area contributed by atoms with Crippen LogP contribution in [0.1, 0.15) is 62.1 Å². The molecule has 0 unspecified atom stereocenters. The first kappa shape index (κ1) is 26.2. The number of aryl methyl sites for hydroxylation is 2. The topological polar surface area (TPSA) is 75.1 Å². The molecule has 0 aliphatic heterocycles. The quantitative estimate of drug-likeness (QED) is 0.137. The summed E-state index contributed by atoms with van der Waals surface area (Å²) in [6, 6.07) is 4.48. The number of nitrogens with zero attached hydrogens (tertiary/aromatic N) is 3. The van der Waals surface area contributed by atoms with Crippen molar-refractivity contribution in [3.63, 3.8) is 0 Å². The molecule has 0 bridgehead atoms. The molecule has 0 radical (unpaired) electrons. The van der Waals surface area contributed by atoms with Crippen LogP contribution in [0.3, 0.4) is 0 Å². The van der Waals surface area contributed by atoms with Crippen molar-refractivity contribution in [3.8, 4) is 17.5 Å². The Kier molecular flexibility index (Phi) is 12.4. The van der Waals surface area contributed by atoms with Gasteiger partial charge in [-0.05, 0) is 56.9 Å². The van der Waals surface area contributed by atoms with Gasteiger partial charge in [0.15, 0.2) is 0 Å². The highest BCUT2D eigenvalue weighted by Crippen LogP contribution is 2.28. The molecule has 0 amide bonds. The molecule has 0 aliphatic carbocycles. The molecule has 1 aromatic carbocycles. The van der Waals surface area contributed by atoms with E-state index in [2.05, 4.69) is 33.8 Å². The summed E-state index contributed by atoms with van der Waals surface area (Å²) in [5, 5.41) is 3.67. The molecule has 2 aromatic rings. The van der Waals surface area contributed by atoms with E-state index < -0.39 is 0 Å². The monoisotopic (exact) mass is 455 g/mol. The molecule has 0 fully saturated rings. The van der Waals surface area contributed by atoms with Crippen LogP contribution in [0.25, 0.3) is 0 Å². The average Bonchev–Trinajstić information content (AvgIpc) is 2.81. The van der Waals surface area contributed by atoms with E-state index >= 15 is 0 Å². The highest BCUT2D eigenvalue weighted by atomic mass is 16.6. The molecule has 1 aromatic heterocycles. The van der Waals surface area contributed by atoms with Crippen LogP contribution >= 0.6 is 0 Å². The van der Waals surface area contributed by atoms with E-state index in [0.29, 0.717) is 19.2 Å². The van der Waals surface area contributed by atoms with E-state index in [1.807, 2.05) is 31.2 Å². The summed E-state index contributed by atoms with van der Waals surface area (Å²) in [5.41, 5.74) is 3.00. The Hall–Kier alpha value is -3.09. The van der Waals surface area contributed by atoms with Gasteiger partial charge in [-0.2, -0.15) is 0 Å². The summed E-state index contributed by atoms with van der Waals surface area (Å²) < 4.78 is 17.4. The number of hydrogen-bond donors (Lipinski definition) is 0. The number of benzene rings is 1. The van der Waals surface area contributed by atoms with Gasteiger partial charge in [-0.15, -0.1) is 0 Å². The lowest BCUT2D eigenvalue weighted by molar-refractivity contribution is 0.215. The lowest BCUT2D eigenvalue weighted by Gasteiger charge is -2.14. The van der Waals surface area contributed by atoms with Gasteiger partial charge >= 0.3 is 6.01 Å². The SMILES string of the molecule is C/C=C/COc1cc(C)c(OCCCCCCCCOc2ncc(C=NOC)cn2)c(C)c1. The number of ether oxygens (including phenoxy) is 3. The minimum Gasteiger partial charge on any atom is -0.493 e. The van der Waals surface area contributed by atoms with E-state index in [-0.39, 0.29) is 0 Å². The fraction of sp³-hybridized carbons (Fsp3) is 0.500. The molecular weight excluding hydrogens is 418 g/mol. The summed E-state index contributed by atoms with van der Waals surface area (Å²) in [6.07, 6.45) is 15.6. The number of allylic oxidation sites excluding steroid dienone is 1. The zero-order chi connectivity index (χ0) is 23.7. The fourth-order valence-corrected chi connectivity index (χ4v) is 3.29. The third-order valence-corrected chi connectivity index (χ3v) is 4.99. The van der Waals surface area contributed by atoms with Crippen LogP contribution in [0.4, 0.5) is 0 Å². The van der Waals surface area contributed by atoms with Crippen molar-refractivity contribution in [2.45, 2.75) is 59.3 Å². The van der Waals surface area contributed by atoms with Gasteiger partial charge in [-0.1, -0.05) is 43.0 Å². The number of aromatic nitrogens is 2. The first-order chi connectivity index (χ1) is 16.1. The maximum absolute atomic E-state index is 6.05. The average molecular weight is 456 g/mol. The lowest BCUT2D eigenvalue weighted by atomic mass is 10.1. The van der Waals surface area contributed by atoms with Crippen LogP contribution in [-0.4, -0.2) is 43.1 Å². The lowest BCUT2D eigenvalue weighted by Crippen LogP contribution is -2.02. The molecular formula is C26H37N3O4. The zero-order valence-electron chi connectivity index (χ0n) is 20.4. The summed E-state index contributed by atoms with van der Waals surface area (Å²) in [6.45, 7) is 8.09. The van der Waals surface area contributed by atoms with E-state index in [9.17, 15) is 0 Å². The molecule has 7 nitrogen and oxygen atoms in total. The third kappa shape index (κ3) is 10.4. The maximum Gasteiger partial charge on any atom is 0.316 e. The first-order valence-corrected chi connectivity index (χ1v) is 11.6. The van der Waals surface area contributed by atoms with Crippen molar-refractivity contribution in [3.05, 3.63) is 53.4 Å². The van der Waals surface area contributed by atoms with Crippen LogP contribution in [0.5, 0.6) is 17.5 Å². The second-order valence-corrected chi connectivity index (χ2v) is 7.80. The molecule has 2 rings (SSSR count). The highest BCUT2D eigenvalue weighted by molar-refractivity contribution is 5.77. The largest absolute Gasteiger partial charge is 0.493 e. The Morgan fingerprint density at radius 1 is 0.848 bits per heavy atom. The smallest absolute Gasteiger partial charge is 0.316 e. The number of unbranched alkanes of at least 4 members (excludes halogenated alkanes) is 5. The standard InChI is InChI=1S/C26H37N3O4/c1-5-6-13-31-24-16-21(2)25(22(3)17-24)32-14-11-9-7-8-10-12-15-33-26-27-18-23(19-28-26)20-29-30-4/h5-6,16-20H,7-15H2,1-4H3/b6-5+,29-20?. The van der Waals surface area contributed by atoms with E-state index in [1.54, 1.807) is 18.6 Å². The molecule has 1 heterocycles. The molecule has 0 saturated heterocycles. The fourth-order valence-electron chi connectivity index (χ4n) is 3.29. The van der Waals surface area contributed by atoms with Crippen molar-refractivity contribution in [2.75, 3.05) is 26.9 Å². The van der Waals surface area contributed by atoms with Crippen molar-refractivity contribution >= 4 is 6.21 Å². The molecule has 0 N–H and O–H groups in total. The minimum absolute atomic E-state index is 0.393. The summed E-state index contributed by atoms with van der Waals surface area (Å²) >= 11 is 0. The Bertz CT molecular complexity index is 843. The van der Waals surface area contributed by atoms with E-state index in [4.69, 9.17) is 14.2 Å². The van der Waals surface area contributed by atoms with Crippen LogP contribution < -0.4 is 14.2 Å².